The van der Waals surface area contributed by atoms with E-state index in [4.69, 9.17) is 4.74 Å². The summed E-state index contributed by atoms with van der Waals surface area (Å²) in [5, 5.41) is 14.3. The largest absolute Gasteiger partial charge is 0.456 e. The van der Waals surface area contributed by atoms with Crippen molar-refractivity contribution in [2.24, 2.45) is 5.92 Å². The SMILES string of the molecule is Cc1ccc(NC(=O)COC(=O)CC2C=CS(=O)(=O)C2)c([N+](=O)[O-])c1. The smallest absolute Gasteiger partial charge is 0.306 e. The van der Waals surface area contributed by atoms with E-state index >= 15 is 0 Å². The van der Waals surface area contributed by atoms with E-state index in [1.54, 1.807) is 13.0 Å². The third-order valence-electron chi connectivity index (χ3n) is 3.42. The number of nitrogens with one attached hydrogen (secondary N) is 1. The van der Waals surface area contributed by atoms with Gasteiger partial charge in [-0.1, -0.05) is 12.1 Å². The molecule has 1 atom stereocenters. The highest BCUT2D eigenvalue weighted by Gasteiger charge is 2.25. The first-order valence-electron chi connectivity index (χ1n) is 7.28. The Kier molecular flexibility index (Phi) is 5.52. The van der Waals surface area contributed by atoms with E-state index in [0.29, 0.717) is 5.56 Å². The number of rotatable bonds is 6. The fourth-order valence-electron chi connectivity index (χ4n) is 2.27. The average molecular weight is 368 g/mol. The fourth-order valence-corrected chi connectivity index (χ4v) is 3.67. The Labute approximate surface area is 143 Å². The Bertz CT molecular complexity index is 845. The van der Waals surface area contributed by atoms with Gasteiger partial charge in [-0.3, -0.25) is 19.7 Å². The van der Waals surface area contributed by atoms with Crippen molar-refractivity contribution in [3.8, 4) is 0 Å². The minimum Gasteiger partial charge on any atom is -0.456 e. The van der Waals surface area contributed by atoms with Gasteiger partial charge in [0.15, 0.2) is 16.4 Å². The molecule has 2 rings (SSSR count). The van der Waals surface area contributed by atoms with E-state index in [9.17, 15) is 28.1 Å². The molecule has 1 amide bonds. The summed E-state index contributed by atoms with van der Waals surface area (Å²) in [5.74, 6) is -2.09. The maximum atomic E-state index is 11.8. The highest BCUT2D eigenvalue weighted by molar-refractivity contribution is 7.94. The van der Waals surface area contributed by atoms with Gasteiger partial charge in [-0.25, -0.2) is 8.42 Å². The molecular weight excluding hydrogens is 352 g/mol. The van der Waals surface area contributed by atoms with Crippen LogP contribution in [0.4, 0.5) is 11.4 Å². The lowest BCUT2D eigenvalue weighted by Crippen LogP contribution is -2.22. The number of sulfone groups is 1. The van der Waals surface area contributed by atoms with Crippen molar-refractivity contribution >= 4 is 33.1 Å². The number of carbonyl (C=O) groups excluding carboxylic acids is 2. The molecule has 1 aromatic rings. The maximum absolute atomic E-state index is 11.8. The molecule has 1 aromatic carbocycles. The zero-order valence-corrected chi connectivity index (χ0v) is 14.1. The number of esters is 1. The Morgan fingerprint density at radius 1 is 1.40 bits per heavy atom. The molecule has 10 heteroatoms. The summed E-state index contributed by atoms with van der Waals surface area (Å²) >= 11 is 0. The van der Waals surface area contributed by atoms with Gasteiger partial charge in [0.2, 0.25) is 0 Å². The van der Waals surface area contributed by atoms with Crippen molar-refractivity contribution < 1.29 is 27.7 Å². The highest BCUT2D eigenvalue weighted by Crippen LogP contribution is 2.25. The summed E-state index contributed by atoms with van der Waals surface area (Å²) in [7, 11) is -3.26. The number of amides is 1. The predicted octanol–water partition coefficient (Wildman–Crippen LogP) is 1.33. The molecule has 0 saturated carbocycles. The molecule has 9 nitrogen and oxygen atoms in total. The van der Waals surface area contributed by atoms with E-state index in [-0.39, 0.29) is 23.5 Å². The molecule has 1 N–H and O–H groups in total. The molecule has 0 fully saturated rings. The molecule has 1 aliphatic heterocycles. The van der Waals surface area contributed by atoms with Crippen LogP contribution in [0.1, 0.15) is 12.0 Å². The maximum Gasteiger partial charge on any atom is 0.306 e. The van der Waals surface area contributed by atoms with E-state index in [2.05, 4.69) is 5.32 Å². The van der Waals surface area contributed by atoms with Crippen LogP contribution < -0.4 is 5.32 Å². The summed E-state index contributed by atoms with van der Waals surface area (Å²) in [6, 6.07) is 4.30. The van der Waals surface area contributed by atoms with Crippen molar-refractivity contribution in [1.29, 1.82) is 0 Å². The number of hydrogen-bond acceptors (Lipinski definition) is 7. The summed E-state index contributed by atoms with van der Waals surface area (Å²) in [6.07, 6.45) is 1.25. The number of hydrogen-bond donors (Lipinski definition) is 1. The number of nitro benzene ring substituents is 1. The third-order valence-corrected chi connectivity index (χ3v) is 4.89. The average Bonchev–Trinajstić information content (AvgIpc) is 2.85. The Balaban J connectivity index is 1.86. The number of allylic oxidation sites excluding steroid dienone is 1. The lowest BCUT2D eigenvalue weighted by atomic mass is 10.1. The molecule has 25 heavy (non-hydrogen) atoms. The van der Waals surface area contributed by atoms with Gasteiger partial charge in [0.25, 0.3) is 11.6 Å². The summed E-state index contributed by atoms with van der Waals surface area (Å²) in [5.41, 5.74) is 0.401. The normalized spacial score (nSPS) is 17.9. The Morgan fingerprint density at radius 3 is 2.72 bits per heavy atom. The lowest BCUT2D eigenvalue weighted by Gasteiger charge is -2.09. The van der Waals surface area contributed by atoms with Gasteiger partial charge in [0.05, 0.1) is 17.1 Å². The fraction of sp³-hybridized carbons (Fsp3) is 0.333. The number of nitrogens with zero attached hydrogens (tertiary/aromatic N) is 1. The first kappa shape index (κ1) is 18.6. The molecule has 1 unspecified atom stereocenters. The Hall–Kier alpha value is -2.75. The van der Waals surface area contributed by atoms with Crippen LogP contribution in [0.25, 0.3) is 0 Å². The van der Waals surface area contributed by atoms with Crippen LogP contribution in [0.5, 0.6) is 0 Å². The van der Waals surface area contributed by atoms with Crippen molar-refractivity contribution in [2.45, 2.75) is 13.3 Å². The van der Waals surface area contributed by atoms with Crippen LogP contribution in [-0.4, -0.2) is 37.6 Å². The first-order chi connectivity index (χ1) is 11.7. The highest BCUT2D eigenvalue weighted by atomic mass is 32.2. The van der Waals surface area contributed by atoms with Gasteiger partial charge in [-0.2, -0.15) is 0 Å². The standard InChI is InChI=1S/C15H16N2O7S/c1-10-2-3-12(13(6-10)17(20)21)16-14(18)8-24-15(19)7-11-4-5-25(22,23)9-11/h2-6,11H,7-9H2,1H3,(H,16,18). The van der Waals surface area contributed by atoms with Crippen molar-refractivity contribution in [3.63, 3.8) is 0 Å². The topological polar surface area (TPSA) is 133 Å². The van der Waals surface area contributed by atoms with Crippen LogP contribution in [-0.2, 0) is 24.2 Å². The van der Waals surface area contributed by atoms with Crippen molar-refractivity contribution in [2.75, 3.05) is 17.7 Å². The van der Waals surface area contributed by atoms with E-state index in [0.717, 1.165) is 5.41 Å². The Morgan fingerprint density at radius 2 is 2.12 bits per heavy atom. The zero-order chi connectivity index (χ0) is 18.6. The van der Waals surface area contributed by atoms with Crippen LogP contribution in [0.2, 0.25) is 0 Å². The van der Waals surface area contributed by atoms with Crippen LogP contribution in [0.15, 0.2) is 29.7 Å². The molecule has 0 bridgehead atoms. The van der Waals surface area contributed by atoms with Crippen molar-refractivity contribution in [1.82, 2.24) is 0 Å². The van der Waals surface area contributed by atoms with Gasteiger partial charge < -0.3 is 10.1 Å². The van der Waals surface area contributed by atoms with E-state index in [1.165, 1.54) is 18.2 Å². The molecular formula is C15H16N2O7S. The quantitative estimate of drug-likeness (QED) is 0.455. The van der Waals surface area contributed by atoms with Gasteiger partial charge in [-0.15, -0.1) is 0 Å². The second-order valence-corrected chi connectivity index (χ2v) is 7.54. The van der Waals surface area contributed by atoms with Crippen LogP contribution >= 0.6 is 0 Å². The number of carbonyl (C=O) groups is 2. The minimum atomic E-state index is -3.26. The second kappa shape index (κ2) is 7.43. The number of anilines is 1. The van der Waals surface area contributed by atoms with Gasteiger partial charge >= 0.3 is 5.97 Å². The summed E-state index contributed by atoms with van der Waals surface area (Å²) in [6.45, 7) is 1.06. The van der Waals surface area contributed by atoms with Crippen LogP contribution in [0, 0.1) is 23.0 Å². The zero-order valence-electron chi connectivity index (χ0n) is 13.3. The summed E-state index contributed by atoms with van der Waals surface area (Å²) < 4.78 is 27.3. The molecule has 0 aromatic heterocycles. The predicted molar refractivity (Wildman–Crippen MR) is 88.5 cm³/mol. The molecule has 0 radical (unpaired) electrons. The van der Waals surface area contributed by atoms with Gasteiger partial charge in [0.1, 0.15) is 5.69 Å². The van der Waals surface area contributed by atoms with Crippen molar-refractivity contribution in [3.05, 3.63) is 45.4 Å². The summed E-state index contributed by atoms with van der Waals surface area (Å²) in [4.78, 5) is 33.8. The second-order valence-electron chi connectivity index (χ2n) is 5.61. The molecule has 0 aliphatic carbocycles. The van der Waals surface area contributed by atoms with Gasteiger partial charge in [0, 0.05) is 17.4 Å². The number of nitro groups is 1. The number of aryl methyl sites for hydroxylation is 1. The lowest BCUT2D eigenvalue weighted by molar-refractivity contribution is -0.384. The first-order valence-corrected chi connectivity index (χ1v) is 8.99. The number of benzene rings is 1. The minimum absolute atomic E-state index is 0.00136. The van der Waals surface area contributed by atoms with E-state index in [1.807, 2.05) is 0 Å². The molecule has 134 valence electrons. The van der Waals surface area contributed by atoms with E-state index < -0.39 is 39.2 Å². The third kappa shape index (κ3) is 5.38. The van der Waals surface area contributed by atoms with Gasteiger partial charge in [-0.05, 0) is 18.6 Å². The molecule has 0 spiro atoms. The molecule has 1 heterocycles. The van der Waals surface area contributed by atoms with Crippen LogP contribution in [0.3, 0.4) is 0 Å². The molecule has 1 aliphatic rings. The monoisotopic (exact) mass is 368 g/mol. The number of ether oxygens (including phenoxy) is 1. The molecule has 0 saturated heterocycles.